The molecule has 134 valence electrons. The Labute approximate surface area is 160 Å². The van der Waals surface area contributed by atoms with Crippen LogP contribution in [0.2, 0.25) is 0 Å². The average Bonchev–Trinajstić information content (AvgIpc) is 3.28. The van der Waals surface area contributed by atoms with E-state index in [2.05, 4.69) is 15.0 Å². The number of aromatic nitrogens is 4. The number of amides is 1. The molecule has 0 radical (unpaired) electrons. The summed E-state index contributed by atoms with van der Waals surface area (Å²) in [6, 6.07) is 1.92. The number of carbonyl (C=O) groups excluding carboxylic acids is 1. The average molecular weight is 386 g/mol. The number of thiazole rings is 2. The van der Waals surface area contributed by atoms with Crippen LogP contribution < -0.4 is 0 Å². The number of hydrogen-bond donors (Lipinski definition) is 0. The van der Waals surface area contributed by atoms with Crippen LogP contribution in [0.1, 0.15) is 44.8 Å². The molecule has 0 N–H and O–H groups in total. The van der Waals surface area contributed by atoms with Gasteiger partial charge in [0.15, 0.2) is 0 Å². The zero-order chi connectivity index (χ0) is 18.1. The molecule has 1 fully saturated rings. The number of carbonyl (C=O) groups is 1. The molecule has 0 unspecified atom stereocenters. The lowest BCUT2D eigenvalue weighted by Gasteiger charge is -2.30. The summed E-state index contributed by atoms with van der Waals surface area (Å²) in [6.45, 7) is 5.46. The second kappa shape index (κ2) is 7.20. The van der Waals surface area contributed by atoms with E-state index >= 15 is 0 Å². The molecule has 4 rings (SSSR count). The number of likely N-dealkylation sites (tertiary alicyclic amines) is 1. The summed E-state index contributed by atoms with van der Waals surface area (Å²) in [5.74, 6) is 0.515. The maximum Gasteiger partial charge on any atom is 0.265 e. The van der Waals surface area contributed by atoms with Crippen LogP contribution in [-0.2, 0) is 0 Å². The Morgan fingerprint density at radius 3 is 2.65 bits per heavy atom. The van der Waals surface area contributed by atoms with Gasteiger partial charge < -0.3 is 4.90 Å². The van der Waals surface area contributed by atoms with E-state index in [9.17, 15) is 4.79 Å². The first kappa shape index (κ1) is 17.2. The van der Waals surface area contributed by atoms with Crippen molar-refractivity contribution in [3.05, 3.63) is 45.4 Å². The van der Waals surface area contributed by atoms with E-state index in [0.29, 0.717) is 5.92 Å². The molecular formula is C18H19N5OS2. The molecule has 0 atom stereocenters. The summed E-state index contributed by atoms with van der Waals surface area (Å²) >= 11 is 3.14. The first-order valence-corrected chi connectivity index (χ1v) is 10.3. The predicted octanol–water partition coefficient (Wildman–Crippen LogP) is 3.69. The van der Waals surface area contributed by atoms with Crippen LogP contribution >= 0.6 is 22.7 Å². The van der Waals surface area contributed by atoms with Crippen molar-refractivity contribution in [3.8, 4) is 10.6 Å². The van der Waals surface area contributed by atoms with Crippen LogP contribution in [0.25, 0.3) is 10.6 Å². The molecule has 4 heterocycles. The molecular weight excluding hydrogens is 366 g/mol. The third-order valence-electron chi connectivity index (χ3n) is 4.70. The molecule has 6 nitrogen and oxygen atoms in total. The van der Waals surface area contributed by atoms with Gasteiger partial charge in [-0.05, 0) is 32.8 Å². The lowest BCUT2D eigenvalue weighted by Crippen LogP contribution is -2.37. The first-order chi connectivity index (χ1) is 12.6. The van der Waals surface area contributed by atoms with E-state index in [1.54, 1.807) is 29.4 Å². The second-order valence-corrected chi connectivity index (χ2v) is 8.28. The molecule has 0 aromatic carbocycles. The number of aryl methyl sites for hydroxylation is 2. The third-order valence-corrected chi connectivity index (χ3v) is 6.96. The lowest BCUT2D eigenvalue weighted by molar-refractivity contribution is 0.0717. The maximum atomic E-state index is 12.6. The minimum atomic E-state index is 0.112. The van der Waals surface area contributed by atoms with Gasteiger partial charge in [0, 0.05) is 25.2 Å². The van der Waals surface area contributed by atoms with Gasteiger partial charge in [-0.25, -0.2) is 19.9 Å². The largest absolute Gasteiger partial charge is 0.338 e. The number of piperidine rings is 1. The number of nitrogens with zero attached hydrogens (tertiary/aromatic N) is 5. The van der Waals surface area contributed by atoms with Gasteiger partial charge >= 0.3 is 0 Å². The SMILES string of the molecule is Cc1ncsc1C(=O)N1CCC(c2nc(C)c(-c3ccncn3)s2)CC1. The van der Waals surface area contributed by atoms with Crippen LogP contribution in [0.3, 0.4) is 0 Å². The Bertz CT molecular complexity index is 913. The Morgan fingerprint density at radius 1 is 1.19 bits per heavy atom. The van der Waals surface area contributed by atoms with Crippen molar-refractivity contribution in [2.24, 2.45) is 0 Å². The molecule has 0 aliphatic carbocycles. The molecule has 1 aliphatic rings. The summed E-state index contributed by atoms with van der Waals surface area (Å²) in [4.78, 5) is 33.8. The number of rotatable bonds is 3. The van der Waals surface area contributed by atoms with Gasteiger partial charge in [-0.15, -0.1) is 22.7 Å². The van der Waals surface area contributed by atoms with E-state index in [1.807, 2.05) is 24.8 Å². The normalized spacial score (nSPS) is 15.4. The second-order valence-electron chi connectivity index (χ2n) is 6.39. The summed E-state index contributed by atoms with van der Waals surface area (Å²) in [7, 11) is 0. The van der Waals surface area contributed by atoms with E-state index in [4.69, 9.17) is 4.98 Å². The van der Waals surface area contributed by atoms with Crippen molar-refractivity contribution in [2.75, 3.05) is 13.1 Å². The fraction of sp³-hybridized carbons (Fsp3) is 0.389. The molecule has 0 bridgehead atoms. The van der Waals surface area contributed by atoms with Crippen molar-refractivity contribution >= 4 is 28.6 Å². The van der Waals surface area contributed by atoms with Crippen molar-refractivity contribution in [3.63, 3.8) is 0 Å². The summed E-state index contributed by atoms with van der Waals surface area (Å²) < 4.78 is 0. The molecule has 0 saturated carbocycles. The highest BCUT2D eigenvalue weighted by Crippen LogP contribution is 2.36. The Balaban J connectivity index is 1.46. The van der Waals surface area contributed by atoms with Gasteiger partial charge in [-0.3, -0.25) is 4.79 Å². The fourth-order valence-corrected chi connectivity index (χ4v) is 5.22. The van der Waals surface area contributed by atoms with Crippen molar-refractivity contribution < 1.29 is 4.79 Å². The van der Waals surface area contributed by atoms with Crippen molar-refractivity contribution in [1.29, 1.82) is 0 Å². The Kier molecular flexibility index (Phi) is 4.78. The highest BCUT2D eigenvalue weighted by Gasteiger charge is 2.28. The summed E-state index contributed by atoms with van der Waals surface area (Å²) in [5.41, 5.74) is 4.51. The minimum Gasteiger partial charge on any atom is -0.338 e. The highest BCUT2D eigenvalue weighted by atomic mass is 32.1. The molecule has 26 heavy (non-hydrogen) atoms. The monoisotopic (exact) mass is 385 g/mol. The summed E-state index contributed by atoms with van der Waals surface area (Å²) in [5, 5.41) is 1.15. The topological polar surface area (TPSA) is 71.9 Å². The standard InChI is InChI=1S/C18H19N5OS2/c1-11-16(25-10-21-11)18(24)23-7-4-13(5-8-23)17-22-12(2)15(26-17)14-3-6-19-9-20-14/h3,6,9-10,13H,4-5,7-8H2,1-2H3. The zero-order valence-corrected chi connectivity index (χ0v) is 16.3. The lowest BCUT2D eigenvalue weighted by atomic mass is 9.97. The van der Waals surface area contributed by atoms with Crippen LogP contribution in [-0.4, -0.2) is 43.8 Å². The van der Waals surface area contributed by atoms with Crippen molar-refractivity contribution in [2.45, 2.75) is 32.6 Å². The van der Waals surface area contributed by atoms with Gasteiger partial charge in [0.1, 0.15) is 11.2 Å². The fourth-order valence-electron chi connectivity index (χ4n) is 3.23. The smallest absolute Gasteiger partial charge is 0.265 e. The predicted molar refractivity (Wildman–Crippen MR) is 103 cm³/mol. The van der Waals surface area contributed by atoms with Crippen molar-refractivity contribution in [1.82, 2.24) is 24.8 Å². The van der Waals surface area contributed by atoms with E-state index < -0.39 is 0 Å². The molecule has 3 aromatic heterocycles. The molecule has 1 amide bonds. The summed E-state index contributed by atoms with van der Waals surface area (Å²) in [6.07, 6.45) is 5.21. The minimum absolute atomic E-state index is 0.112. The van der Waals surface area contributed by atoms with Gasteiger partial charge in [0.2, 0.25) is 0 Å². The van der Waals surface area contributed by atoms with Gasteiger partial charge in [-0.2, -0.15) is 0 Å². The van der Waals surface area contributed by atoms with Crippen LogP contribution in [0.15, 0.2) is 24.1 Å². The van der Waals surface area contributed by atoms with E-state index in [-0.39, 0.29) is 5.91 Å². The van der Waals surface area contributed by atoms with Crippen LogP contribution in [0.5, 0.6) is 0 Å². The van der Waals surface area contributed by atoms with Gasteiger partial charge in [-0.1, -0.05) is 0 Å². The third kappa shape index (κ3) is 3.26. The molecule has 8 heteroatoms. The maximum absolute atomic E-state index is 12.6. The highest BCUT2D eigenvalue weighted by molar-refractivity contribution is 7.15. The molecule has 1 aliphatic heterocycles. The van der Waals surface area contributed by atoms with Crippen LogP contribution in [0, 0.1) is 13.8 Å². The molecule has 1 saturated heterocycles. The van der Waals surface area contributed by atoms with Gasteiger partial charge in [0.05, 0.1) is 32.5 Å². The molecule has 3 aromatic rings. The number of hydrogen-bond acceptors (Lipinski definition) is 7. The quantitative estimate of drug-likeness (QED) is 0.687. The Morgan fingerprint density at radius 2 is 2.00 bits per heavy atom. The first-order valence-electron chi connectivity index (χ1n) is 8.56. The van der Waals surface area contributed by atoms with Crippen LogP contribution in [0.4, 0.5) is 0 Å². The Hall–Kier alpha value is -2.19. The zero-order valence-electron chi connectivity index (χ0n) is 14.7. The van der Waals surface area contributed by atoms with E-state index in [0.717, 1.165) is 57.8 Å². The molecule has 0 spiro atoms. The van der Waals surface area contributed by atoms with E-state index in [1.165, 1.54) is 11.3 Å². The van der Waals surface area contributed by atoms with Gasteiger partial charge in [0.25, 0.3) is 5.91 Å².